The van der Waals surface area contributed by atoms with E-state index in [0.717, 1.165) is 22.9 Å². The lowest BCUT2D eigenvalue weighted by Gasteiger charge is -2.16. The van der Waals surface area contributed by atoms with Crippen LogP contribution in [-0.4, -0.2) is 6.54 Å². The van der Waals surface area contributed by atoms with Crippen molar-refractivity contribution in [2.45, 2.75) is 12.8 Å². The van der Waals surface area contributed by atoms with Gasteiger partial charge in [0.25, 0.3) is 0 Å². The average Bonchev–Trinajstić information content (AvgIpc) is 2.43. The first-order valence-electron chi connectivity index (χ1n) is 6.47. The molecule has 2 rings (SSSR count). The van der Waals surface area contributed by atoms with E-state index in [9.17, 15) is 0 Å². The van der Waals surface area contributed by atoms with E-state index in [1.54, 1.807) is 6.07 Å². The summed E-state index contributed by atoms with van der Waals surface area (Å²) in [5.74, 6) is 0.347. The summed E-state index contributed by atoms with van der Waals surface area (Å²) >= 11 is 15.8. The van der Waals surface area contributed by atoms with Crippen molar-refractivity contribution in [2.75, 3.05) is 6.54 Å². The van der Waals surface area contributed by atoms with Gasteiger partial charge in [-0.1, -0.05) is 63.4 Å². The second-order valence-corrected chi connectivity index (χ2v) is 6.55. The molecule has 0 aromatic heterocycles. The summed E-state index contributed by atoms with van der Waals surface area (Å²) < 4.78 is 1.09. The fraction of sp³-hybridized carbons (Fsp3) is 0.250. The van der Waals surface area contributed by atoms with Crippen LogP contribution in [0.1, 0.15) is 11.1 Å². The first-order valence-corrected chi connectivity index (χ1v) is 8.02. The van der Waals surface area contributed by atoms with Gasteiger partial charge in [0, 0.05) is 4.47 Å². The second-order valence-electron chi connectivity index (χ2n) is 4.85. The van der Waals surface area contributed by atoms with Crippen LogP contribution in [0.3, 0.4) is 0 Å². The number of hydrogen-bond acceptors (Lipinski definition) is 1. The van der Waals surface area contributed by atoms with Crippen LogP contribution in [0.25, 0.3) is 0 Å². The first kappa shape index (κ1) is 15.8. The Morgan fingerprint density at radius 2 is 1.80 bits per heavy atom. The zero-order chi connectivity index (χ0) is 14.5. The van der Waals surface area contributed by atoms with E-state index in [1.165, 1.54) is 5.56 Å². The van der Waals surface area contributed by atoms with Gasteiger partial charge in [0.2, 0.25) is 0 Å². The van der Waals surface area contributed by atoms with Gasteiger partial charge in [0.15, 0.2) is 0 Å². The monoisotopic (exact) mass is 371 g/mol. The summed E-state index contributed by atoms with van der Waals surface area (Å²) in [7, 11) is 0. The Morgan fingerprint density at radius 3 is 2.50 bits per heavy atom. The summed E-state index contributed by atoms with van der Waals surface area (Å²) in [5, 5.41) is 1.24. The van der Waals surface area contributed by atoms with Crippen LogP contribution >= 0.6 is 39.1 Å². The second kappa shape index (κ2) is 7.46. The summed E-state index contributed by atoms with van der Waals surface area (Å²) in [6, 6.07) is 14.1. The largest absolute Gasteiger partial charge is 0.330 e. The van der Waals surface area contributed by atoms with Gasteiger partial charge in [-0.05, 0) is 54.6 Å². The van der Waals surface area contributed by atoms with Crippen LogP contribution < -0.4 is 5.73 Å². The highest BCUT2D eigenvalue weighted by Gasteiger charge is 2.12. The van der Waals surface area contributed by atoms with Gasteiger partial charge < -0.3 is 5.73 Å². The van der Waals surface area contributed by atoms with Gasteiger partial charge in [0.05, 0.1) is 10.0 Å². The molecule has 2 aromatic carbocycles. The zero-order valence-electron chi connectivity index (χ0n) is 11.0. The molecule has 0 fully saturated rings. The van der Waals surface area contributed by atoms with Gasteiger partial charge in [0.1, 0.15) is 0 Å². The van der Waals surface area contributed by atoms with Crippen molar-refractivity contribution in [3.05, 3.63) is 68.1 Å². The molecule has 1 atom stereocenters. The zero-order valence-corrected chi connectivity index (χ0v) is 14.0. The molecule has 2 aromatic rings. The molecule has 0 aliphatic rings. The maximum atomic E-state index is 6.24. The van der Waals surface area contributed by atoms with Crippen LogP contribution in [0, 0.1) is 5.92 Å². The molecular formula is C16H16BrCl2N. The first-order chi connectivity index (χ1) is 9.60. The van der Waals surface area contributed by atoms with Gasteiger partial charge in [-0.15, -0.1) is 0 Å². The summed E-state index contributed by atoms with van der Waals surface area (Å²) in [4.78, 5) is 0. The van der Waals surface area contributed by atoms with Gasteiger partial charge >= 0.3 is 0 Å². The minimum absolute atomic E-state index is 0.347. The SMILES string of the molecule is NCC(Cc1cccc(Br)c1)Cc1cccc(Cl)c1Cl. The van der Waals surface area contributed by atoms with Crippen molar-refractivity contribution < 1.29 is 0 Å². The Morgan fingerprint density at radius 1 is 1.05 bits per heavy atom. The maximum Gasteiger partial charge on any atom is 0.0624 e. The van der Waals surface area contributed by atoms with E-state index >= 15 is 0 Å². The molecule has 2 N–H and O–H groups in total. The molecule has 1 unspecified atom stereocenters. The lowest BCUT2D eigenvalue weighted by atomic mass is 9.92. The van der Waals surface area contributed by atoms with E-state index in [-0.39, 0.29) is 0 Å². The van der Waals surface area contributed by atoms with Gasteiger partial charge in [-0.3, -0.25) is 0 Å². The molecule has 20 heavy (non-hydrogen) atoms. The number of hydrogen-bond donors (Lipinski definition) is 1. The number of nitrogens with two attached hydrogens (primary N) is 1. The van der Waals surface area contributed by atoms with Crippen molar-refractivity contribution in [3.63, 3.8) is 0 Å². The molecule has 106 valence electrons. The normalized spacial score (nSPS) is 12.4. The van der Waals surface area contributed by atoms with Crippen LogP contribution in [0.15, 0.2) is 46.9 Å². The highest BCUT2D eigenvalue weighted by molar-refractivity contribution is 9.10. The highest BCUT2D eigenvalue weighted by Crippen LogP contribution is 2.28. The van der Waals surface area contributed by atoms with E-state index in [2.05, 4.69) is 28.1 Å². The Balaban J connectivity index is 2.11. The maximum absolute atomic E-state index is 6.24. The molecule has 0 saturated carbocycles. The van der Waals surface area contributed by atoms with Crippen molar-refractivity contribution in [1.82, 2.24) is 0 Å². The molecule has 0 bridgehead atoms. The molecule has 0 saturated heterocycles. The predicted octanol–water partition coefficient (Wildman–Crippen LogP) is 5.12. The molecule has 0 radical (unpaired) electrons. The standard InChI is InChI=1S/C16H16BrCl2N/c17-14-5-1-3-11(9-14)7-12(10-20)8-13-4-2-6-15(18)16(13)19/h1-6,9,12H,7-8,10,20H2. The molecule has 1 nitrogen and oxygen atoms in total. The fourth-order valence-electron chi connectivity index (χ4n) is 2.25. The lowest BCUT2D eigenvalue weighted by molar-refractivity contribution is 0.533. The fourth-order valence-corrected chi connectivity index (χ4v) is 3.10. The van der Waals surface area contributed by atoms with Crippen LogP contribution in [0.2, 0.25) is 10.0 Å². The van der Waals surface area contributed by atoms with Gasteiger partial charge in [-0.25, -0.2) is 0 Å². The Kier molecular flexibility index (Phi) is 5.91. The Bertz CT molecular complexity index is 586. The van der Waals surface area contributed by atoms with E-state index in [1.807, 2.05) is 24.3 Å². The van der Waals surface area contributed by atoms with Crippen molar-refractivity contribution in [1.29, 1.82) is 0 Å². The highest BCUT2D eigenvalue weighted by atomic mass is 79.9. The minimum Gasteiger partial charge on any atom is -0.330 e. The predicted molar refractivity (Wildman–Crippen MR) is 90.6 cm³/mol. The third-order valence-electron chi connectivity index (χ3n) is 3.29. The third kappa shape index (κ3) is 4.23. The number of rotatable bonds is 5. The topological polar surface area (TPSA) is 26.0 Å². The summed E-state index contributed by atoms with van der Waals surface area (Å²) in [6.45, 7) is 0.620. The van der Waals surface area contributed by atoms with Crippen molar-refractivity contribution in [2.24, 2.45) is 11.7 Å². The quantitative estimate of drug-likeness (QED) is 0.774. The third-order valence-corrected chi connectivity index (χ3v) is 4.64. The molecular weight excluding hydrogens is 357 g/mol. The molecule has 0 amide bonds. The van der Waals surface area contributed by atoms with Gasteiger partial charge in [-0.2, -0.15) is 0 Å². The van der Waals surface area contributed by atoms with Crippen molar-refractivity contribution >= 4 is 39.1 Å². The van der Waals surface area contributed by atoms with E-state index in [4.69, 9.17) is 28.9 Å². The molecule has 0 spiro atoms. The van der Waals surface area contributed by atoms with Crippen molar-refractivity contribution in [3.8, 4) is 0 Å². The summed E-state index contributed by atoms with van der Waals surface area (Å²) in [5.41, 5.74) is 8.24. The minimum atomic E-state index is 0.347. The van der Waals surface area contributed by atoms with E-state index < -0.39 is 0 Å². The Labute approximate surface area is 138 Å². The smallest absolute Gasteiger partial charge is 0.0624 e. The van der Waals surface area contributed by atoms with E-state index in [0.29, 0.717) is 22.5 Å². The van der Waals surface area contributed by atoms with Crippen LogP contribution in [0.5, 0.6) is 0 Å². The molecule has 0 aliphatic heterocycles. The number of benzene rings is 2. The lowest BCUT2D eigenvalue weighted by Crippen LogP contribution is -2.19. The molecule has 4 heteroatoms. The molecule has 0 aliphatic carbocycles. The average molecular weight is 373 g/mol. The molecule has 0 heterocycles. The summed E-state index contributed by atoms with van der Waals surface area (Å²) in [6.07, 6.45) is 1.77. The van der Waals surface area contributed by atoms with Crippen LogP contribution in [0.4, 0.5) is 0 Å². The van der Waals surface area contributed by atoms with Crippen LogP contribution in [-0.2, 0) is 12.8 Å². The Hall–Kier alpha value is -0.540. The number of halogens is 3.